The van der Waals surface area contributed by atoms with Crippen molar-refractivity contribution in [2.24, 2.45) is 11.5 Å². The summed E-state index contributed by atoms with van der Waals surface area (Å²) in [6.45, 7) is 3.31. The van der Waals surface area contributed by atoms with Gasteiger partial charge in [-0.1, -0.05) is 17.7 Å². The van der Waals surface area contributed by atoms with Gasteiger partial charge in [0.15, 0.2) is 0 Å². The molecule has 0 aromatic heterocycles. The zero-order chi connectivity index (χ0) is 12.7. The molecule has 5 N–H and O–H groups in total. The molecule has 0 unspecified atom stereocenters. The van der Waals surface area contributed by atoms with Crippen molar-refractivity contribution in [3.8, 4) is 5.75 Å². The SMILES string of the molecule is CCOc1ccc(CCC[NH+]=C(N)N)cc1Cl. The molecule has 1 aromatic rings. The van der Waals surface area contributed by atoms with E-state index in [9.17, 15) is 0 Å². The monoisotopic (exact) mass is 256 g/mol. The molecular weight excluding hydrogens is 238 g/mol. The number of nitrogens with two attached hydrogens (primary N) is 2. The van der Waals surface area contributed by atoms with Crippen LogP contribution >= 0.6 is 11.6 Å². The molecular formula is C12H19ClN3O+. The first-order valence-electron chi connectivity index (χ1n) is 5.66. The second kappa shape index (κ2) is 7.01. The van der Waals surface area contributed by atoms with Gasteiger partial charge in [-0.2, -0.15) is 0 Å². The fourth-order valence-corrected chi connectivity index (χ4v) is 1.76. The number of guanidine groups is 1. The normalized spacial score (nSPS) is 10.0. The highest BCUT2D eigenvalue weighted by Crippen LogP contribution is 2.25. The predicted molar refractivity (Wildman–Crippen MR) is 70.2 cm³/mol. The van der Waals surface area contributed by atoms with Crippen LogP contribution in [0.4, 0.5) is 0 Å². The summed E-state index contributed by atoms with van der Waals surface area (Å²) in [7, 11) is 0. The minimum Gasteiger partial charge on any atom is -0.492 e. The number of halogens is 1. The van der Waals surface area contributed by atoms with Crippen LogP contribution in [-0.2, 0) is 6.42 Å². The van der Waals surface area contributed by atoms with Crippen molar-refractivity contribution in [3.63, 3.8) is 0 Å². The third-order valence-corrected chi connectivity index (χ3v) is 2.56. The second-order valence-corrected chi connectivity index (χ2v) is 4.09. The Bertz CT molecular complexity index is 389. The Labute approximate surface area is 107 Å². The first-order valence-corrected chi connectivity index (χ1v) is 6.04. The molecule has 5 heteroatoms. The summed E-state index contributed by atoms with van der Waals surface area (Å²) in [5.74, 6) is 0.991. The molecule has 0 aliphatic rings. The van der Waals surface area contributed by atoms with Crippen molar-refractivity contribution in [2.75, 3.05) is 13.2 Å². The maximum Gasteiger partial charge on any atom is 0.338 e. The van der Waals surface area contributed by atoms with Gasteiger partial charge in [-0.25, -0.2) is 0 Å². The van der Waals surface area contributed by atoms with E-state index < -0.39 is 0 Å². The molecule has 0 radical (unpaired) electrons. The molecule has 0 aliphatic heterocycles. The van der Waals surface area contributed by atoms with E-state index in [0.29, 0.717) is 11.6 Å². The zero-order valence-corrected chi connectivity index (χ0v) is 10.8. The van der Waals surface area contributed by atoms with Crippen LogP contribution in [-0.4, -0.2) is 19.1 Å². The highest BCUT2D eigenvalue weighted by atomic mass is 35.5. The molecule has 94 valence electrons. The number of benzene rings is 1. The number of hydrogen-bond donors (Lipinski definition) is 3. The second-order valence-electron chi connectivity index (χ2n) is 3.68. The summed E-state index contributed by atoms with van der Waals surface area (Å²) in [6.07, 6.45) is 1.87. The molecule has 0 saturated heterocycles. The van der Waals surface area contributed by atoms with Crippen LogP contribution in [0.5, 0.6) is 5.75 Å². The lowest BCUT2D eigenvalue weighted by Crippen LogP contribution is -2.78. The van der Waals surface area contributed by atoms with E-state index in [0.717, 1.165) is 25.1 Å². The molecule has 17 heavy (non-hydrogen) atoms. The zero-order valence-electron chi connectivity index (χ0n) is 10.0. The van der Waals surface area contributed by atoms with E-state index in [1.807, 2.05) is 25.1 Å². The fraction of sp³-hybridized carbons (Fsp3) is 0.417. The van der Waals surface area contributed by atoms with Gasteiger partial charge in [0.1, 0.15) is 5.75 Å². The molecule has 0 atom stereocenters. The summed E-state index contributed by atoms with van der Waals surface area (Å²) in [4.78, 5) is 2.88. The van der Waals surface area contributed by atoms with E-state index >= 15 is 0 Å². The van der Waals surface area contributed by atoms with Gasteiger partial charge in [-0.15, -0.1) is 0 Å². The maximum atomic E-state index is 6.09. The van der Waals surface area contributed by atoms with Gasteiger partial charge >= 0.3 is 5.96 Å². The van der Waals surface area contributed by atoms with Gasteiger partial charge in [0.25, 0.3) is 0 Å². The summed E-state index contributed by atoms with van der Waals surface area (Å²) >= 11 is 6.09. The number of rotatable bonds is 6. The average Bonchev–Trinajstić information content (AvgIpc) is 2.28. The Morgan fingerprint density at radius 1 is 1.41 bits per heavy atom. The van der Waals surface area contributed by atoms with Gasteiger partial charge in [-0.05, 0) is 37.5 Å². The van der Waals surface area contributed by atoms with Crippen LogP contribution < -0.4 is 21.2 Å². The summed E-state index contributed by atoms with van der Waals surface area (Å²) < 4.78 is 5.37. The molecule has 0 fully saturated rings. The summed E-state index contributed by atoms with van der Waals surface area (Å²) in [5.41, 5.74) is 11.8. The minimum atomic E-state index is 0.259. The van der Waals surface area contributed by atoms with Crippen LogP contribution in [0.1, 0.15) is 18.9 Å². The lowest BCUT2D eigenvalue weighted by atomic mass is 10.1. The number of ether oxygens (including phenoxy) is 1. The first kappa shape index (κ1) is 13.6. The van der Waals surface area contributed by atoms with Gasteiger partial charge in [-0.3, -0.25) is 16.5 Å². The maximum absolute atomic E-state index is 6.09. The number of hydrogen-bond acceptors (Lipinski definition) is 1. The molecule has 4 nitrogen and oxygen atoms in total. The van der Waals surface area contributed by atoms with Crippen LogP contribution in [0.15, 0.2) is 18.2 Å². The average molecular weight is 257 g/mol. The van der Waals surface area contributed by atoms with Gasteiger partial charge in [0.2, 0.25) is 0 Å². The number of aryl methyl sites for hydroxylation is 1. The fourth-order valence-electron chi connectivity index (χ4n) is 1.50. The van der Waals surface area contributed by atoms with Crippen molar-refractivity contribution in [1.82, 2.24) is 0 Å². The van der Waals surface area contributed by atoms with Gasteiger partial charge in [0.05, 0.1) is 18.2 Å². The predicted octanol–water partition coefficient (Wildman–Crippen LogP) is 0.0253. The van der Waals surface area contributed by atoms with E-state index in [-0.39, 0.29) is 5.96 Å². The molecule has 0 spiro atoms. The highest BCUT2D eigenvalue weighted by molar-refractivity contribution is 6.32. The Morgan fingerprint density at radius 2 is 2.18 bits per heavy atom. The van der Waals surface area contributed by atoms with E-state index in [1.165, 1.54) is 5.56 Å². The third-order valence-electron chi connectivity index (χ3n) is 2.27. The Hall–Kier alpha value is -1.42. The standard InChI is InChI=1S/C12H18ClN3O/c1-2-17-11-6-5-9(8-10(11)13)4-3-7-16-12(14)15/h5-6,8H,2-4,7H2,1H3,(H4,14,15,16)/p+1. The van der Waals surface area contributed by atoms with Gasteiger partial charge in [0, 0.05) is 0 Å². The summed E-state index contributed by atoms with van der Waals surface area (Å²) in [6, 6.07) is 5.85. The lowest BCUT2D eigenvalue weighted by Gasteiger charge is -2.07. The van der Waals surface area contributed by atoms with Crippen molar-refractivity contribution in [1.29, 1.82) is 0 Å². The van der Waals surface area contributed by atoms with Crippen molar-refractivity contribution in [3.05, 3.63) is 28.8 Å². The molecule has 1 aromatic carbocycles. The quantitative estimate of drug-likeness (QED) is 0.382. The van der Waals surface area contributed by atoms with E-state index in [2.05, 4.69) is 4.99 Å². The van der Waals surface area contributed by atoms with Crippen LogP contribution in [0.2, 0.25) is 5.02 Å². The largest absolute Gasteiger partial charge is 0.492 e. The highest BCUT2D eigenvalue weighted by Gasteiger charge is 2.02. The Balaban J connectivity index is 2.50. The summed E-state index contributed by atoms with van der Waals surface area (Å²) in [5, 5.41) is 0.655. The van der Waals surface area contributed by atoms with Crippen LogP contribution in [0.25, 0.3) is 0 Å². The topological polar surface area (TPSA) is 75.2 Å². The third kappa shape index (κ3) is 4.95. The molecule has 0 amide bonds. The molecule has 0 aliphatic carbocycles. The van der Waals surface area contributed by atoms with Crippen LogP contribution in [0.3, 0.4) is 0 Å². The van der Waals surface area contributed by atoms with Gasteiger partial charge < -0.3 is 4.74 Å². The van der Waals surface area contributed by atoms with Crippen LogP contribution in [0, 0.1) is 0 Å². The smallest absolute Gasteiger partial charge is 0.338 e. The van der Waals surface area contributed by atoms with Crippen molar-refractivity contribution < 1.29 is 9.73 Å². The van der Waals surface area contributed by atoms with Crippen molar-refractivity contribution >= 4 is 17.6 Å². The van der Waals surface area contributed by atoms with Crippen molar-refractivity contribution in [2.45, 2.75) is 19.8 Å². The van der Waals surface area contributed by atoms with E-state index in [4.69, 9.17) is 27.8 Å². The molecule has 0 heterocycles. The number of nitrogens with one attached hydrogen (secondary N) is 1. The molecule has 1 rings (SSSR count). The first-order chi connectivity index (χ1) is 8.13. The Morgan fingerprint density at radius 3 is 2.76 bits per heavy atom. The molecule has 0 saturated carbocycles. The lowest BCUT2D eigenvalue weighted by molar-refractivity contribution is -0.459. The Kier molecular flexibility index (Phi) is 5.63. The van der Waals surface area contributed by atoms with E-state index in [1.54, 1.807) is 0 Å². The molecule has 0 bridgehead atoms. The minimum absolute atomic E-state index is 0.259.